The molecule has 2 aliphatic heterocycles. The number of nitrogens with one attached hydrogen (secondary N) is 3. The molecule has 1 unspecified atom stereocenters. The zero-order chi connectivity index (χ0) is 42.4. The van der Waals surface area contributed by atoms with Gasteiger partial charge in [0.2, 0.25) is 11.8 Å². The van der Waals surface area contributed by atoms with E-state index in [0.29, 0.717) is 71.8 Å². The van der Waals surface area contributed by atoms with Crippen molar-refractivity contribution in [2.24, 2.45) is 0 Å². The highest BCUT2D eigenvalue weighted by atomic mass is 32.1. The maximum atomic E-state index is 13.0. The molecule has 2 aliphatic rings. The van der Waals surface area contributed by atoms with Crippen LogP contribution in [0.4, 0.5) is 11.5 Å². The maximum absolute atomic E-state index is 13.0. The SMILES string of the molecule is C.CNc1ccc2nc(-c3ccc(-c4ccc(NCCOCCOCCOCCOCCOCCOc5ccc6c(c5)C(=O)N(C5CCC(=O)NC5=O)C6=O)nc4)cc3)sc2c1. The second-order valence-electron chi connectivity index (χ2n) is 14.0. The fourth-order valence-corrected chi connectivity index (χ4v) is 7.68. The summed E-state index contributed by atoms with van der Waals surface area (Å²) in [7, 11) is 1.92. The van der Waals surface area contributed by atoms with Crippen molar-refractivity contribution in [1.82, 2.24) is 20.2 Å². The number of benzene rings is 3. The van der Waals surface area contributed by atoms with Gasteiger partial charge in [-0.3, -0.25) is 29.4 Å². The summed E-state index contributed by atoms with van der Waals surface area (Å²) in [6.45, 7) is 5.11. The Balaban J connectivity index is 0.00000641. The smallest absolute Gasteiger partial charge is 0.262 e. The molecule has 328 valence electrons. The molecule has 0 radical (unpaired) electrons. The Labute approximate surface area is 364 Å². The van der Waals surface area contributed by atoms with E-state index in [9.17, 15) is 19.2 Å². The minimum absolute atomic E-state index is 0. The predicted octanol–water partition coefficient (Wildman–Crippen LogP) is 5.68. The van der Waals surface area contributed by atoms with Crippen LogP contribution in [-0.4, -0.2) is 131 Å². The molecule has 7 rings (SSSR count). The highest BCUT2D eigenvalue weighted by Gasteiger charge is 2.44. The summed E-state index contributed by atoms with van der Waals surface area (Å²) in [6, 6.07) is 22.2. The average molecular weight is 869 g/mol. The fourth-order valence-electron chi connectivity index (χ4n) is 6.67. The van der Waals surface area contributed by atoms with Gasteiger partial charge in [0.15, 0.2) is 0 Å². The van der Waals surface area contributed by atoms with Crippen molar-refractivity contribution in [3.8, 4) is 27.4 Å². The molecule has 1 saturated heterocycles. The van der Waals surface area contributed by atoms with Gasteiger partial charge < -0.3 is 39.1 Å². The Morgan fingerprint density at radius 1 is 0.710 bits per heavy atom. The lowest BCUT2D eigenvalue weighted by Gasteiger charge is -2.27. The highest BCUT2D eigenvalue weighted by Crippen LogP contribution is 2.33. The Morgan fingerprint density at radius 2 is 1.34 bits per heavy atom. The summed E-state index contributed by atoms with van der Waals surface area (Å²) in [5.41, 5.74) is 5.65. The number of amides is 4. The molecule has 4 amide bonds. The van der Waals surface area contributed by atoms with Crippen molar-refractivity contribution in [3.05, 3.63) is 90.1 Å². The van der Waals surface area contributed by atoms with E-state index in [4.69, 9.17) is 33.4 Å². The van der Waals surface area contributed by atoms with Crippen LogP contribution >= 0.6 is 11.3 Å². The molecule has 17 heteroatoms. The van der Waals surface area contributed by atoms with Crippen molar-refractivity contribution in [3.63, 3.8) is 0 Å². The number of anilines is 2. The third kappa shape index (κ3) is 12.0. The lowest BCUT2D eigenvalue weighted by atomic mass is 10.0. The van der Waals surface area contributed by atoms with Gasteiger partial charge >= 0.3 is 0 Å². The standard InChI is InChI=1S/C44H48N6O10S.CH4/c1-45-32-7-10-36-38(26-32)61-42(48-36)30-4-2-29(3-5-30)31-6-12-39(47-28-31)46-14-15-55-16-17-56-18-19-57-20-21-58-22-23-59-24-25-60-33-8-9-34-35(27-33)44(54)50(43(34)53)37-11-13-40(51)49-41(37)52;/h2-10,12,26-28,37,45H,11,13-25H2,1H3,(H,46,47)(H,49,51,52);1H4. The number of aromatic nitrogens is 2. The van der Waals surface area contributed by atoms with E-state index < -0.39 is 29.7 Å². The molecule has 0 aliphatic carbocycles. The zero-order valence-corrected chi connectivity index (χ0v) is 34.6. The predicted molar refractivity (Wildman–Crippen MR) is 236 cm³/mol. The van der Waals surface area contributed by atoms with Gasteiger partial charge in [-0.2, -0.15) is 0 Å². The molecule has 1 atom stereocenters. The number of carbonyl (C=O) groups excluding carboxylic acids is 4. The van der Waals surface area contributed by atoms with Crippen LogP contribution in [0.15, 0.2) is 79.0 Å². The van der Waals surface area contributed by atoms with Crippen molar-refractivity contribution >= 4 is 56.7 Å². The second-order valence-corrected chi connectivity index (χ2v) is 15.0. The van der Waals surface area contributed by atoms with Gasteiger partial charge in [-0.15, -0.1) is 11.3 Å². The number of carbonyl (C=O) groups is 4. The summed E-state index contributed by atoms with van der Waals surface area (Å²) in [5, 5.41) is 9.65. The lowest BCUT2D eigenvalue weighted by Crippen LogP contribution is -2.54. The largest absolute Gasteiger partial charge is 0.491 e. The number of fused-ring (bicyclic) bond motifs is 2. The van der Waals surface area contributed by atoms with Gasteiger partial charge in [-0.1, -0.05) is 31.7 Å². The van der Waals surface area contributed by atoms with Crippen LogP contribution in [0.2, 0.25) is 0 Å². The van der Waals surface area contributed by atoms with E-state index in [-0.39, 0.29) is 44.6 Å². The number of thiazole rings is 1. The number of pyridine rings is 1. The number of imide groups is 2. The molecule has 62 heavy (non-hydrogen) atoms. The van der Waals surface area contributed by atoms with E-state index in [0.717, 1.165) is 48.3 Å². The third-order valence-corrected chi connectivity index (χ3v) is 10.9. The number of hydrogen-bond acceptors (Lipinski definition) is 15. The van der Waals surface area contributed by atoms with Crippen LogP contribution in [0.1, 0.15) is 41.0 Å². The van der Waals surface area contributed by atoms with Crippen LogP contribution in [0.5, 0.6) is 5.75 Å². The first-order valence-electron chi connectivity index (χ1n) is 20.1. The van der Waals surface area contributed by atoms with Crippen LogP contribution < -0.4 is 20.7 Å². The van der Waals surface area contributed by atoms with Crippen LogP contribution in [0.25, 0.3) is 31.9 Å². The van der Waals surface area contributed by atoms with E-state index in [1.54, 1.807) is 17.4 Å². The number of nitrogens with zero attached hydrogens (tertiary/aromatic N) is 3. The number of ether oxygens (including phenoxy) is 6. The number of piperidine rings is 1. The molecule has 0 saturated carbocycles. The average Bonchev–Trinajstić information content (AvgIpc) is 3.81. The van der Waals surface area contributed by atoms with Gasteiger partial charge in [0.05, 0.1) is 87.4 Å². The molecule has 0 spiro atoms. The highest BCUT2D eigenvalue weighted by molar-refractivity contribution is 7.21. The Hall–Kier alpha value is -5.82. The van der Waals surface area contributed by atoms with Gasteiger partial charge in [0, 0.05) is 43.0 Å². The molecule has 3 N–H and O–H groups in total. The summed E-state index contributed by atoms with van der Waals surface area (Å²) in [6.07, 6.45) is 2.03. The molecule has 16 nitrogen and oxygen atoms in total. The van der Waals surface area contributed by atoms with Gasteiger partial charge in [-0.25, -0.2) is 9.97 Å². The van der Waals surface area contributed by atoms with Gasteiger partial charge in [-0.05, 0) is 60.5 Å². The van der Waals surface area contributed by atoms with Crippen molar-refractivity contribution in [1.29, 1.82) is 0 Å². The van der Waals surface area contributed by atoms with E-state index in [2.05, 4.69) is 57.3 Å². The Kier molecular flexibility index (Phi) is 16.8. The Bertz CT molecular complexity index is 2290. The number of hydrogen-bond donors (Lipinski definition) is 3. The van der Waals surface area contributed by atoms with E-state index in [1.807, 2.05) is 31.4 Å². The monoisotopic (exact) mass is 868 g/mol. The molecule has 2 aromatic heterocycles. The third-order valence-electron chi connectivity index (χ3n) is 9.85. The number of rotatable bonds is 24. The lowest BCUT2D eigenvalue weighted by molar-refractivity contribution is -0.136. The molecular formula is C45H52N6O10S. The maximum Gasteiger partial charge on any atom is 0.262 e. The molecule has 4 heterocycles. The van der Waals surface area contributed by atoms with E-state index >= 15 is 0 Å². The first-order valence-corrected chi connectivity index (χ1v) is 21.0. The summed E-state index contributed by atoms with van der Waals surface area (Å²) in [4.78, 5) is 59.8. The summed E-state index contributed by atoms with van der Waals surface area (Å²) < 4.78 is 34.7. The molecule has 1 fully saturated rings. The van der Waals surface area contributed by atoms with Crippen molar-refractivity contribution in [2.45, 2.75) is 26.3 Å². The summed E-state index contributed by atoms with van der Waals surface area (Å²) in [5.74, 6) is -1.04. The quantitative estimate of drug-likeness (QED) is 0.0508. The molecular weight excluding hydrogens is 817 g/mol. The van der Waals surface area contributed by atoms with Crippen molar-refractivity contribution < 1.29 is 47.6 Å². The normalized spacial score (nSPS) is 14.8. The van der Waals surface area contributed by atoms with Crippen LogP contribution in [0, 0.1) is 0 Å². The molecule has 3 aromatic carbocycles. The zero-order valence-electron chi connectivity index (χ0n) is 33.8. The van der Waals surface area contributed by atoms with Gasteiger partial charge in [0.1, 0.15) is 29.2 Å². The van der Waals surface area contributed by atoms with Crippen LogP contribution in [0.3, 0.4) is 0 Å². The Morgan fingerprint density at radius 3 is 1.98 bits per heavy atom. The summed E-state index contributed by atoms with van der Waals surface area (Å²) >= 11 is 1.69. The molecule has 5 aromatic rings. The van der Waals surface area contributed by atoms with E-state index in [1.165, 1.54) is 12.1 Å². The van der Waals surface area contributed by atoms with Gasteiger partial charge in [0.25, 0.3) is 11.8 Å². The first-order chi connectivity index (χ1) is 29.9. The minimum atomic E-state index is -1.01. The second kappa shape index (κ2) is 22.9. The molecule has 0 bridgehead atoms. The topological polar surface area (TPSA) is 189 Å². The van der Waals surface area contributed by atoms with Crippen molar-refractivity contribution in [2.75, 3.05) is 96.9 Å². The minimum Gasteiger partial charge on any atom is -0.491 e. The fraction of sp³-hybridized carbons (Fsp3) is 0.378. The van der Waals surface area contributed by atoms with Crippen LogP contribution in [-0.2, 0) is 33.3 Å². The first kappa shape index (κ1) is 45.7.